The second kappa shape index (κ2) is 9.49. The summed E-state index contributed by atoms with van der Waals surface area (Å²) in [7, 11) is -3.21. The van der Waals surface area contributed by atoms with Crippen LogP contribution in [-0.2, 0) is 28.9 Å². The van der Waals surface area contributed by atoms with Gasteiger partial charge in [-0.15, -0.1) is 0 Å². The molecule has 9 heteroatoms. The smallest absolute Gasteiger partial charge is 0.364 e. The third-order valence-corrected chi connectivity index (χ3v) is 5.71. The van der Waals surface area contributed by atoms with E-state index in [9.17, 15) is 13.2 Å². The van der Waals surface area contributed by atoms with Crippen molar-refractivity contribution in [3.05, 3.63) is 29.8 Å². The first-order chi connectivity index (χ1) is 13.1. The molecule has 0 radical (unpaired) electrons. The molecular weight excluding hydrogens is 386 g/mol. The van der Waals surface area contributed by atoms with E-state index in [4.69, 9.17) is 19.4 Å². The number of oxime groups is 1. The lowest BCUT2D eigenvalue weighted by atomic mass is 10.0. The molecule has 0 bridgehead atoms. The fourth-order valence-corrected chi connectivity index (χ4v) is 3.30. The quantitative estimate of drug-likeness (QED) is 0.376. The molecule has 1 saturated heterocycles. The molecule has 1 aromatic carbocycles. The number of hydrogen-bond acceptors (Lipinski definition) is 7. The maximum Gasteiger partial charge on any atom is 0.364 e. The molecule has 1 heterocycles. The summed E-state index contributed by atoms with van der Waals surface area (Å²) in [5.41, 5.74) is 1.47. The summed E-state index contributed by atoms with van der Waals surface area (Å²) in [6, 6.07) is 6.50. The van der Waals surface area contributed by atoms with Crippen LogP contribution in [0.15, 0.2) is 34.3 Å². The van der Waals surface area contributed by atoms with Gasteiger partial charge in [0.1, 0.15) is 6.61 Å². The highest BCUT2D eigenvalue weighted by Crippen LogP contribution is 2.24. The normalized spacial score (nSPS) is 23.4. The number of nitrogens with zero attached hydrogens (tertiary/aromatic N) is 1. The van der Waals surface area contributed by atoms with Crippen molar-refractivity contribution in [2.45, 2.75) is 43.8 Å². The van der Waals surface area contributed by atoms with Gasteiger partial charge in [0.15, 0.2) is 9.84 Å². The maximum atomic E-state index is 11.5. The number of sulfone groups is 1. The van der Waals surface area contributed by atoms with E-state index in [-0.39, 0.29) is 10.8 Å². The SMILES string of the molecule is C/C(=N/OCCCCC1COC(C)(C(=O)O)OC1)c1ccc(S(C)(=O)=O)cc1. The first-order valence-corrected chi connectivity index (χ1v) is 11.0. The fraction of sp³-hybridized carbons (Fsp3) is 0.579. The summed E-state index contributed by atoms with van der Waals surface area (Å²) in [5, 5.41) is 13.1. The van der Waals surface area contributed by atoms with Crippen LogP contribution in [0.2, 0.25) is 0 Å². The molecule has 1 aromatic rings. The van der Waals surface area contributed by atoms with Crippen molar-refractivity contribution in [1.29, 1.82) is 0 Å². The minimum atomic E-state index is -3.21. The summed E-state index contributed by atoms with van der Waals surface area (Å²) in [6.45, 7) is 4.40. The van der Waals surface area contributed by atoms with Gasteiger partial charge >= 0.3 is 5.97 Å². The third-order valence-electron chi connectivity index (χ3n) is 4.58. The molecule has 1 fully saturated rings. The van der Waals surface area contributed by atoms with Gasteiger partial charge in [-0.1, -0.05) is 17.3 Å². The highest BCUT2D eigenvalue weighted by molar-refractivity contribution is 7.90. The molecule has 28 heavy (non-hydrogen) atoms. The van der Waals surface area contributed by atoms with Gasteiger partial charge in [-0.3, -0.25) is 0 Å². The summed E-state index contributed by atoms with van der Waals surface area (Å²) < 4.78 is 33.6. The molecular formula is C19H27NO7S. The number of carboxylic acid groups (broad SMARTS) is 1. The molecule has 156 valence electrons. The predicted molar refractivity (Wildman–Crippen MR) is 103 cm³/mol. The van der Waals surface area contributed by atoms with Gasteiger partial charge in [0, 0.05) is 19.1 Å². The van der Waals surface area contributed by atoms with Crippen LogP contribution in [0.3, 0.4) is 0 Å². The van der Waals surface area contributed by atoms with Crippen LogP contribution in [0, 0.1) is 5.92 Å². The second-order valence-corrected chi connectivity index (χ2v) is 9.06. The Balaban J connectivity index is 1.67. The van der Waals surface area contributed by atoms with Crippen molar-refractivity contribution in [1.82, 2.24) is 0 Å². The van der Waals surface area contributed by atoms with E-state index in [1.54, 1.807) is 31.2 Å². The standard InChI is InChI=1S/C19H27NO7S/c1-14(16-7-9-17(10-8-16)28(3,23)24)20-27-11-5-4-6-15-12-25-19(2,18(21)22)26-13-15/h7-10,15H,4-6,11-13H2,1-3H3,(H,21,22)/b20-14-. The Kier molecular flexibility index (Phi) is 7.56. The second-order valence-electron chi connectivity index (χ2n) is 7.04. The van der Waals surface area contributed by atoms with Crippen LogP contribution in [0.25, 0.3) is 0 Å². The Morgan fingerprint density at radius 2 is 1.86 bits per heavy atom. The first kappa shape index (κ1) is 22.3. The van der Waals surface area contributed by atoms with Gasteiger partial charge < -0.3 is 19.4 Å². The summed E-state index contributed by atoms with van der Waals surface area (Å²) >= 11 is 0. The number of benzene rings is 1. The van der Waals surface area contributed by atoms with Gasteiger partial charge in [-0.25, -0.2) is 13.2 Å². The lowest BCUT2D eigenvalue weighted by Gasteiger charge is -2.34. The number of unbranched alkanes of at least 4 members (excludes halogenated alkanes) is 1. The summed E-state index contributed by atoms with van der Waals surface area (Å²) in [6.07, 6.45) is 3.71. The molecule has 0 aromatic heterocycles. The van der Waals surface area contributed by atoms with Gasteiger partial charge in [-0.2, -0.15) is 0 Å². The number of aliphatic carboxylic acids is 1. The Morgan fingerprint density at radius 3 is 2.39 bits per heavy atom. The average molecular weight is 413 g/mol. The molecule has 1 aliphatic rings. The molecule has 2 rings (SSSR count). The zero-order valence-electron chi connectivity index (χ0n) is 16.4. The van der Waals surface area contributed by atoms with Crippen LogP contribution < -0.4 is 0 Å². The first-order valence-electron chi connectivity index (χ1n) is 9.10. The van der Waals surface area contributed by atoms with Gasteiger partial charge in [-0.05, 0) is 43.9 Å². The maximum absolute atomic E-state index is 11.5. The van der Waals surface area contributed by atoms with E-state index in [2.05, 4.69) is 5.16 Å². The molecule has 8 nitrogen and oxygen atoms in total. The monoisotopic (exact) mass is 413 g/mol. The van der Waals surface area contributed by atoms with E-state index in [0.29, 0.717) is 25.5 Å². The molecule has 0 atom stereocenters. The Hall–Kier alpha value is -1.97. The van der Waals surface area contributed by atoms with Crippen LogP contribution >= 0.6 is 0 Å². The Morgan fingerprint density at radius 1 is 1.25 bits per heavy atom. The molecule has 0 spiro atoms. The third kappa shape index (κ3) is 6.29. The number of ether oxygens (including phenoxy) is 2. The molecule has 0 amide bonds. The van der Waals surface area contributed by atoms with Gasteiger partial charge in [0.25, 0.3) is 5.79 Å². The Labute approximate surface area is 165 Å². The zero-order valence-corrected chi connectivity index (χ0v) is 17.2. The van der Waals surface area contributed by atoms with E-state index >= 15 is 0 Å². The topological polar surface area (TPSA) is 111 Å². The minimum absolute atomic E-state index is 0.172. The van der Waals surface area contributed by atoms with Gasteiger partial charge in [0.2, 0.25) is 0 Å². The van der Waals surface area contributed by atoms with Crippen molar-refractivity contribution in [2.75, 3.05) is 26.1 Å². The number of hydrogen-bond donors (Lipinski definition) is 1. The largest absolute Gasteiger partial charge is 0.477 e. The van der Waals surface area contributed by atoms with E-state index < -0.39 is 21.6 Å². The predicted octanol–water partition coefficient (Wildman–Crippen LogP) is 2.46. The number of rotatable bonds is 9. The van der Waals surface area contributed by atoms with Crippen LogP contribution in [0.1, 0.15) is 38.7 Å². The van der Waals surface area contributed by atoms with E-state index in [1.165, 1.54) is 13.2 Å². The molecule has 0 saturated carbocycles. The zero-order chi connectivity index (χ0) is 20.8. The molecule has 1 aliphatic heterocycles. The van der Waals surface area contributed by atoms with Crippen LogP contribution in [0.4, 0.5) is 0 Å². The highest BCUT2D eigenvalue weighted by atomic mass is 32.2. The van der Waals surface area contributed by atoms with E-state index in [0.717, 1.165) is 24.8 Å². The van der Waals surface area contributed by atoms with Crippen molar-refractivity contribution < 1.29 is 32.6 Å². The average Bonchev–Trinajstić information content (AvgIpc) is 2.65. The van der Waals surface area contributed by atoms with Crippen molar-refractivity contribution in [3.63, 3.8) is 0 Å². The lowest BCUT2D eigenvalue weighted by molar-refractivity contribution is -0.271. The summed E-state index contributed by atoms with van der Waals surface area (Å²) in [5.74, 6) is -2.48. The van der Waals surface area contributed by atoms with Crippen molar-refractivity contribution >= 4 is 21.5 Å². The molecule has 0 aliphatic carbocycles. The molecule has 0 unspecified atom stereocenters. The van der Waals surface area contributed by atoms with Crippen LogP contribution in [-0.4, -0.2) is 57.1 Å². The van der Waals surface area contributed by atoms with Crippen molar-refractivity contribution in [3.8, 4) is 0 Å². The lowest BCUT2D eigenvalue weighted by Crippen LogP contribution is -2.47. The number of carbonyl (C=O) groups is 1. The summed E-state index contributed by atoms with van der Waals surface area (Å²) in [4.78, 5) is 16.6. The fourth-order valence-electron chi connectivity index (χ4n) is 2.67. The van der Waals surface area contributed by atoms with E-state index in [1.807, 2.05) is 0 Å². The minimum Gasteiger partial charge on any atom is -0.477 e. The van der Waals surface area contributed by atoms with Crippen LogP contribution in [0.5, 0.6) is 0 Å². The Bertz CT molecular complexity index is 794. The van der Waals surface area contributed by atoms with Crippen molar-refractivity contribution in [2.24, 2.45) is 11.1 Å². The van der Waals surface area contributed by atoms with Gasteiger partial charge in [0.05, 0.1) is 23.8 Å². The molecule has 1 N–H and O–H groups in total. The highest BCUT2D eigenvalue weighted by Gasteiger charge is 2.40. The number of carboxylic acids is 1.